The molecule has 1 rings (SSSR count). The number of nitrogens with two attached hydrogens (primary N) is 1. The number of thiophene rings is 1. The van der Waals surface area contributed by atoms with Crippen molar-refractivity contribution in [1.29, 1.82) is 0 Å². The fraction of sp³-hybridized carbons (Fsp3) is 0.500. The molecule has 0 bridgehead atoms. The van der Waals surface area contributed by atoms with Gasteiger partial charge in [-0.25, -0.2) is 0 Å². The molecule has 1 aromatic rings. The monoisotopic (exact) mass is 296 g/mol. The van der Waals surface area contributed by atoms with E-state index in [1.807, 2.05) is 13.0 Å². The van der Waals surface area contributed by atoms with Gasteiger partial charge in [0.1, 0.15) is 0 Å². The first-order chi connectivity index (χ1) is 9.08. The van der Waals surface area contributed by atoms with Crippen LogP contribution in [0.2, 0.25) is 0 Å². The minimum Gasteiger partial charge on any atom is -0.351 e. The summed E-state index contributed by atoms with van der Waals surface area (Å²) in [5, 5.41) is 2.97. The number of carbonyl (C=O) groups is 1. The van der Waals surface area contributed by atoms with Crippen LogP contribution in [0.4, 0.5) is 0 Å². The normalized spacial score (nSPS) is 11.6. The third-order valence-corrected chi connectivity index (χ3v) is 4.56. The lowest BCUT2D eigenvalue weighted by atomic mass is 10.2. The summed E-state index contributed by atoms with van der Waals surface area (Å²) in [4.78, 5) is 13.7. The molecule has 0 aliphatic heterocycles. The van der Waals surface area contributed by atoms with E-state index < -0.39 is 0 Å². The second kappa shape index (κ2) is 8.26. The van der Waals surface area contributed by atoms with Crippen molar-refractivity contribution in [1.82, 2.24) is 5.32 Å². The van der Waals surface area contributed by atoms with Crippen LogP contribution in [0.1, 0.15) is 27.0 Å². The van der Waals surface area contributed by atoms with Crippen molar-refractivity contribution in [3.05, 3.63) is 21.4 Å². The van der Waals surface area contributed by atoms with E-state index in [4.69, 9.17) is 5.73 Å². The Labute approximate surface area is 123 Å². The van der Waals surface area contributed by atoms with Gasteiger partial charge in [0.05, 0.1) is 16.3 Å². The zero-order chi connectivity index (χ0) is 14.3. The van der Waals surface area contributed by atoms with Crippen molar-refractivity contribution < 1.29 is 4.79 Å². The fourth-order valence-electron chi connectivity index (χ4n) is 1.55. The summed E-state index contributed by atoms with van der Waals surface area (Å²) >= 11 is 3.22. The van der Waals surface area contributed by atoms with Crippen LogP contribution in [-0.4, -0.2) is 31.0 Å². The number of thioether (sulfide) groups is 1. The van der Waals surface area contributed by atoms with E-state index in [1.54, 1.807) is 11.8 Å². The first kappa shape index (κ1) is 16.1. The summed E-state index contributed by atoms with van der Waals surface area (Å²) in [6.07, 6.45) is 2.07. The molecule has 1 amide bonds. The number of carbonyl (C=O) groups excluding carboxylic acids is 1. The maximum atomic E-state index is 12.0. The standard InChI is InChI=1S/C14H20N2OS2/c1-10(9-18-3)8-16-14(17)13-7-11(2)12(19-13)5-4-6-15/h7,10H,6,8-9,15H2,1-3H3,(H,16,17). The number of aryl methyl sites for hydroxylation is 1. The van der Waals surface area contributed by atoms with Gasteiger partial charge < -0.3 is 11.1 Å². The molecule has 0 aromatic carbocycles. The van der Waals surface area contributed by atoms with Crippen LogP contribution in [-0.2, 0) is 0 Å². The highest BCUT2D eigenvalue weighted by molar-refractivity contribution is 7.98. The minimum atomic E-state index is -0.0122. The van der Waals surface area contributed by atoms with Crippen LogP contribution in [0.3, 0.4) is 0 Å². The topological polar surface area (TPSA) is 55.1 Å². The molecular formula is C14H20N2OS2. The molecule has 0 aliphatic carbocycles. The Kier molecular flexibility index (Phi) is 7.00. The van der Waals surface area contributed by atoms with Gasteiger partial charge in [-0.2, -0.15) is 11.8 Å². The van der Waals surface area contributed by atoms with Crippen LogP contribution in [0, 0.1) is 24.7 Å². The molecule has 0 spiro atoms. The first-order valence-electron chi connectivity index (χ1n) is 6.15. The predicted molar refractivity (Wildman–Crippen MR) is 84.9 cm³/mol. The lowest BCUT2D eigenvalue weighted by Gasteiger charge is -2.10. The number of rotatable bonds is 5. The van der Waals surface area contributed by atoms with Crippen molar-refractivity contribution in [3.8, 4) is 11.8 Å². The van der Waals surface area contributed by atoms with E-state index in [9.17, 15) is 4.79 Å². The summed E-state index contributed by atoms with van der Waals surface area (Å²) in [6.45, 7) is 5.14. The van der Waals surface area contributed by atoms with E-state index in [-0.39, 0.29) is 5.91 Å². The van der Waals surface area contributed by atoms with Crippen LogP contribution in [0.25, 0.3) is 0 Å². The lowest BCUT2D eigenvalue weighted by molar-refractivity contribution is 0.0953. The zero-order valence-electron chi connectivity index (χ0n) is 11.6. The third-order valence-electron chi connectivity index (χ3n) is 2.51. The highest BCUT2D eigenvalue weighted by Crippen LogP contribution is 2.20. The molecule has 1 aromatic heterocycles. The lowest BCUT2D eigenvalue weighted by Crippen LogP contribution is -2.28. The Bertz CT molecular complexity index is 485. The summed E-state index contributed by atoms with van der Waals surface area (Å²) in [5.74, 6) is 7.33. The predicted octanol–water partition coefficient (Wildman–Crippen LogP) is 2.10. The van der Waals surface area contributed by atoms with Crippen molar-refractivity contribution in [2.75, 3.05) is 25.1 Å². The Morgan fingerprint density at radius 2 is 2.37 bits per heavy atom. The molecule has 19 heavy (non-hydrogen) atoms. The zero-order valence-corrected chi connectivity index (χ0v) is 13.2. The molecule has 1 atom stereocenters. The molecule has 3 N–H and O–H groups in total. The maximum Gasteiger partial charge on any atom is 0.261 e. The summed E-state index contributed by atoms with van der Waals surface area (Å²) < 4.78 is 0. The average Bonchev–Trinajstić information content (AvgIpc) is 2.75. The van der Waals surface area contributed by atoms with Crippen molar-refractivity contribution in [2.45, 2.75) is 13.8 Å². The summed E-state index contributed by atoms with van der Waals surface area (Å²) in [5.41, 5.74) is 6.39. The quantitative estimate of drug-likeness (QED) is 0.818. The van der Waals surface area contributed by atoms with Crippen molar-refractivity contribution in [3.63, 3.8) is 0 Å². The molecule has 0 aliphatic rings. The molecule has 0 fully saturated rings. The fourth-order valence-corrected chi connectivity index (χ4v) is 3.20. The third kappa shape index (κ3) is 5.27. The molecule has 104 valence electrons. The number of hydrogen-bond donors (Lipinski definition) is 2. The molecule has 1 heterocycles. The molecule has 0 saturated carbocycles. The van der Waals surface area contributed by atoms with Gasteiger partial charge in [-0.15, -0.1) is 11.3 Å². The van der Waals surface area contributed by atoms with Gasteiger partial charge in [0.25, 0.3) is 5.91 Å². The number of nitrogens with one attached hydrogen (secondary N) is 1. The Morgan fingerprint density at radius 3 is 3.00 bits per heavy atom. The average molecular weight is 296 g/mol. The largest absolute Gasteiger partial charge is 0.351 e. The van der Waals surface area contributed by atoms with Gasteiger partial charge in [0.2, 0.25) is 0 Å². The van der Waals surface area contributed by atoms with E-state index in [0.29, 0.717) is 19.0 Å². The van der Waals surface area contributed by atoms with Gasteiger partial charge in [0.15, 0.2) is 0 Å². The maximum absolute atomic E-state index is 12.0. The Morgan fingerprint density at radius 1 is 1.63 bits per heavy atom. The van der Waals surface area contributed by atoms with Crippen molar-refractivity contribution >= 4 is 29.0 Å². The smallest absolute Gasteiger partial charge is 0.261 e. The molecule has 0 radical (unpaired) electrons. The highest BCUT2D eigenvalue weighted by Gasteiger charge is 2.12. The molecule has 0 saturated heterocycles. The highest BCUT2D eigenvalue weighted by atomic mass is 32.2. The number of amides is 1. The van der Waals surface area contributed by atoms with Crippen molar-refractivity contribution in [2.24, 2.45) is 11.7 Å². The number of hydrogen-bond acceptors (Lipinski definition) is 4. The molecule has 5 heteroatoms. The SMILES string of the molecule is CSCC(C)CNC(=O)c1cc(C)c(C#CCN)s1. The summed E-state index contributed by atoms with van der Waals surface area (Å²) in [6, 6.07) is 1.89. The molecule has 3 nitrogen and oxygen atoms in total. The van der Waals surface area contributed by atoms with Gasteiger partial charge in [0, 0.05) is 6.54 Å². The minimum absolute atomic E-state index is 0.0122. The van der Waals surface area contributed by atoms with Gasteiger partial charge in [-0.05, 0) is 36.5 Å². The Hall–Kier alpha value is -0.960. The molecular weight excluding hydrogens is 276 g/mol. The van der Waals surface area contributed by atoms with E-state index in [1.165, 1.54) is 11.3 Å². The molecule has 1 unspecified atom stereocenters. The van der Waals surface area contributed by atoms with Gasteiger partial charge >= 0.3 is 0 Å². The van der Waals surface area contributed by atoms with Crippen LogP contribution in [0.5, 0.6) is 0 Å². The first-order valence-corrected chi connectivity index (χ1v) is 8.36. The van der Waals surface area contributed by atoms with Crippen LogP contribution >= 0.6 is 23.1 Å². The van der Waals surface area contributed by atoms with E-state index in [0.717, 1.165) is 21.1 Å². The Balaban J connectivity index is 2.62. The second-order valence-corrected chi connectivity index (χ2v) is 6.36. The van der Waals surface area contributed by atoms with Crippen LogP contribution in [0.15, 0.2) is 6.07 Å². The van der Waals surface area contributed by atoms with E-state index >= 15 is 0 Å². The second-order valence-electron chi connectivity index (χ2n) is 4.40. The van der Waals surface area contributed by atoms with Gasteiger partial charge in [-0.3, -0.25) is 4.79 Å². The van der Waals surface area contributed by atoms with Gasteiger partial charge in [-0.1, -0.05) is 18.8 Å². The van der Waals surface area contributed by atoms with Crippen LogP contribution < -0.4 is 11.1 Å². The van der Waals surface area contributed by atoms with E-state index in [2.05, 4.69) is 30.3 Å². The summed E-state index contributed by atoms with van der Waals surface area (Å²) in [7, 11) is 0.